The quantitative estimate of drug-likeness (QED) is 0.850. The van der Waals surface area contributed by atoms with Gasteiger partial charge in [-0.15, -0.1) is 0 Å². The summed E-state index contributed by atoms with van der Waals surface area (Å²) in [6, 6.07) is 12.2. The molecule has 0 saturated heterocycles. The summed E-state index contributed by atoms with van der Waals surface area (Å²) in [5.74, 6) is 0. The number of nitrogens with two attached hydrogens (primary N) is 1. The zero-order valence-electron chi connectivity index (χ0n) is 11.9. The van der Waals surface area contributed by atoms with Crippen molar-refractivity contribution in [2.75, 3.05) is 0 Å². The van der Waals surface area contributed by atoms with Gasteiger partial charge in [-0.3, -0.25) is 0 Å². The van der Waals surface area contributed by atoms with E-state index >= 15 is 0 Å². The van der Waals surface area contributed by atoms with Gasteiger partial charge in [0.1, 0.15) is 0 Å². The van der Waals surface area contributed by atoms with Gasteiger partial charge in [-0.25, -0.2) is 26.7 Å². The van der Waals surface area contributed by atoms with Gasteiger partial charge in [0.15, 0.2) is 0 Å². The minimum absolute atomic E-state index is 0.0161. The van der Waals surface area contributed by atoms with Crippen molar-refractivity contribution >= 4 is 20.0 Å². The monoisotopic (exact) mass is 340 g/mol. The van der Waals surface area contributed by atoms with Crippen LogP contribution in [0.4, 0.5) is 0 Å². The molecule has 0 aliphatic rings. The lowest BCUT2D eigenvalue weighted by molar-refractivity contribution is 0.581. The van der Waals surface area contributed by atoms with E-state index in [1.165, 1.54) is 36.4 Å². The van der Waals surface area contributed by atoms with Crippen molar-refractivity contribution in [3.05, 3.63) is 59.7 Å². The van der Waals surface area contributed by atoms with E-state index in [4.69, 9.17) is 5.14 Å². The van der Waals surface area contributed by atoms with Crippen molar-refractivity contribution in [3.8, 4) is 0 Å². The molecule has 0 saturated carbocycles. The van der Waals surface area contributed by atoms with Crippen LogP contribution in [0.25, 0.3) is 0 Å². The van der Waals surface area contributed by atoms with E-state index in [9.17, 15) is 16.8 Å². The molecule has 0 radical (unpaired) electrons. The maximum atomic E-state index is 12.1. The van der Waals surface area contributed by atoms with Gasteiger partial charge in [0.05, 0.1) is 9.79 Å². The first kappa shape index (κ1) is 16.6. The van der Waals surface area contributed by atoms with Gasteiger partial charge in [0.25, 0.3) is 0 Å². The Morgan fingerprint density at radius 3 is 1.86 bits per heavy atom. The second kappa shape index (κ2) is 6.17. The number of aryl methyl sites for hydroxylation is 1. The zero-order chi connectivity index (χ0) is 16.4. The predicted octanol–water partition coefficient (Wildman–Crippen LogP) is 1.12. The molecule has 22 heavy (non-hydrogen) atoms. The largest absolute Gasteiger partial charge is 0.240 e. The summed E-state index contributed by atoms with van der Waals surface area (Å²) >= 11 is 0. The van der Waals surface area contributed by atoms with Crippen LogP contribution >= 0.6 is 0 Å². The van der Waals surface area contributed by atoms with Crippen LogP contribution in [0, 0.1) is 6.92 Å². The molecule has 0 atom stereocenters. The van der Waals surface area contributed by atoms with E-state index in [1.54, 1.807) is 12.1 Å². The van der Waals surface area contributed by atoms with Crippen LogP contribution in [-0.2, 0) is 26.6 Å². The van der Waals surface area contributed by atoms with Crippen molar-refractivity contribution in [3.63, 3.8) is 0 Å². The summed E-state index contributed by atoms with van der Waals surface area (Å²) in [4.78, 5) is 0.164. The fraction of sp³-hybridized carbons (Fsp3) is 0.143. The highest BCUT2D eigenvalue weighted by Crippen LogP contribution is 2.12. The van der Waals surface area contributed by atoms with Gasteiger partial charge < -0.3 is 0 Å². The average molecular weight is 340 g/mol. The van der Waals surface area contributed by atoms with Gasteiger partial charge in [0, 0.05) is 6.54 Å². The molecule has 0 fully saturated rings. The molecule has 0 aliphatic carbocycles. The van der Waals surface area contributed by atoms with E-state index in [-0.39, 0.29) is 16.3 Å². The Morgan fingerprint density at radius 1 is 0.864 bits per heavy atom. The molecular formula is C14H16N2O4S2. The van der Waals surface area contributed by atoms with Crippen molar-refractivity contribution in [2.45, 2.75) is 23.3 Å². The standard InChI is InChI=1S/C14H16N2O4S2/c1-11-2-6-14(7-3-11)22(19,20)16-10-12-4-8-13(9-5-12)21(15,17)18/h2-9,16H,10H2,1H3,(H2,15,17,18). The maximum absolute atomic E-state index is 12.1. The van der Waals surface area contributed by atoms with Crippen LogP contribution < -0.4 is 9.86 Å². The van der Waals surface area contributed by atoms with Gasteiger partial charge >= 0.3 is 0 Å². The molecule has 2 aromatic carbocycles. The Kier molecular flexibility index (Phi) is 4.66. The third-order valence-corrected chi connectivity index (χ3v) is 5.40. The van der Waals surface area contributed by atoms with Gasteiger partial charge in [-0.2, -0.15) is 0 Å². The lowest BCUT2D eigenvalue weighted by Gasteiger charge is -2.07. The van der Waals surface area contributed by atoms with Crippen molar-refractivity contribution in [1.82, 2.24) is 4.72 Å². The number of primary sulfonamides is 1. The molecule has 0 spiro atoms. The fourth-order valence-electron chi connectivity index (χ4n) is 1.78. The zero-order valence-corrected chi connectivity index (χ0v) is 13.5. The summed E-state index contributed by atoms with van der Waals surface area (Å²) in [5, 5.41) is 5.00. The molecule has 6 nitrogen and oxygen atoms in total. The first-order valence-corrected chi connectivity index (χ1v) is 9.39. The van der Waals surface area contributed by atoms with Gasteiger partial charge in [-0.1, -0.05) is 29.8 Å². The van der Waals surface area contributed by atoms with Gasteiger partial charge in [0.2, 0.25) is 20.0 Å². The van der Waals surface area contributed by atoms with E-state index in [2.05, 4.69) is 4.72 Å². The Labute approximate surface area is 130 Å². The van der Waals surface area contributed by atoms with Crippen molar-refractivity contribution in [1.29, 1.82) is 0 Å². The van der Waals surface area contributed by atoms with Crippen LogP contribution in [-0.4, -0.2) is 16.8 Å². The number of hydrogen-bond acceptors (Lipinski definition) is 4. The third-order valence-electron chi connectivity index (χ3n) is 3.05. The molecule has 0 amide bonds. The summed E-state index contributed by atoms with van der Waals surface area (Å²) in [7, 11) is -7.36. The fourth-order valence-corrected chi connectivity index (χ4v) is 3.31. The predicted molar refractivity (Wildman–Crippen MR) is 83.0 cm³/mol. The molecular weight excluding hydrogens is 324 g/mol. The minimum Gasteiger partial charge on any atom is -0.225 e. The number of sulfonamides is 2. The second-order valence-electron chi connectivity index (χ2n) is 4.83. The first-order chi connectivity index (χ1) is 10.2. The molecule has 0 heterocycles. The lowest BCUT2D eigenvalue weighted by Crippen LogP contribution is -2.23. The Morgan fingerprint density at radius 2 is 1.36 bits per heavy atom. The second-order valence-corrected chi connectivity index (χ2v) is 8.15. The molecule has 0 aromatic heterocycles. The maximum Gasteiger partial charge on any atom is 0.240 e. The summed E-state index contributed by atoms with van der Waals surface area (Å²) in [6.45, 7) is 1.93. The minimum atomic E-state index is -3.75. The number of nitrogens with one attached hydrogen (secondary N) is 1. The van der Waals surface area contributed by atoms with Crippen LogP contribution in [0.1, 0.15) is 11.1 Å². The topological polar surface area (TPSA) is 106 Å². The number of benzene rings is 2. The Hall–Kier alpha value is -1.74. The van der Waals surface area contributed by atoms with Crippen LogP contribution in [0.5, 0.6) is 0 Å². The normalized spacial score (nSPS) is 12.3. The van der Waals surface area contributed by atoms with Crippen molar-refractivity contribution < 1.29 is 16.8 Å². The summed E-state index contributed by atoms with van der Waals surface area (Å²) in [6.07, 6.45) is 0. The average Bonchev–Trinajstić information content (AvgIpc) is 2.45. The molecule has 0 aliphatic heterocycles. The molecule has 2 aromatic rings. The van der Waals surface area contributed by atoms with Crippen molar-refractivity contribution in [2.24, 2.45) is 5.14 Å². The Balaban J connectivity index is 2.10. The van der Waals surface area contributed by atoms with Crippen LogP contribution in [0.15, 0.2) is 58.3 Å². The molecule has 0 unspecified atom stereocenters. The molecule has 118 valence electrons. The van der Waals surface area contributed by atoms with Gasteiger partial charge in [-0.05, 0) is 36.8 Å². The van der Waals surface area contributed by atoms with E-state index in [0.29, 0.717) is 5.56 Å². The molecule has 3 N–H and O–H groups in total. The molecule has 8 heteroatoms. The highest BCUT2D eigenvalue weighted by Gasteiger charge is 2.13. The van der Waals surface area contributed by atoms with E-state index < -0.39 is 20.0 Å². The lowest BCUT2D eigenvalue weighted by atomic mass is 10.2. The van der Waals surface area contributed by atoms with E-state index in [1.807, 2.05) is 6.92 Å². The van der Waals surface area contributed by atoms with E-state index in [0.717, 1.165) is 5.56 Å². The summed E-state index contributed by atoms with van der Waals surface area (Å²) in [5.41, 5.74) is 1.60. The smallest absolute Gasteiger partial charge is 0.225 e. The first-order valence-electron chi connectivity index (χ1n) is 6.36. The number of hydrogen-bond donors (Lipinski definition) is 2. The third kappa shape index (κ3) is 4.14. The van der Waals surface area contributed by atoms with Crippen LogP contribution in [0.2, 0.25) is 0 Å². The van der Waals surface area contributed by atoms with Crippen LogP contribution in [0.3, 0.4) is 0 Å². The number of rotatable bonds is 5. The molecule has 2 rings (SSSR count). The SMILES string of the molecule is Cc1ccc(S(=O)(=O)NCc2ccc(S(N)(=O)=O)cc2)cc1. The summed E-state index contributed by atoms with van der Waals surface area (Å²) < 4.78 is 49.0. The molecule has 0 bridgehead atoms. The highest BCUT2D eigenvalue weighted by atomic mass is 32.2. The Bertz CT molecular complexity index is 856. The highest BCUT2D eigenvalue weighted by molar-refractivity contribution is 7.89.